The average Bonchev–Trinajstić information content (AvgIpc) is 3.56. The second-order valence-electron chi connectivity index (χ2n) is 8.41. The largest absolute Gasteiger partial charge is 0.467 e. The number of hydrogen-bond acceptors (Lipinski definition) is 8. The van der Waals surface area contributed by atoms with Crippen LogP contribution in [-0.2, 0) is 0 Å². The summed E-state index contributed by atoms with van der Waals surface area (Å²) in [5.41, 5.74) is 0. The van der Waals surface area contributed by atoms with Crippen LogP contribution in [-0.4, -0.2) is 63.0 Å². The van der Waals surface area contributed by atoms with E-state index < -0.39 is 0 Å². The Labute approximate surface area is 171 Å². The van der Waals surface area contributed by atoms with Crippen molar-refractivity contribution in [2.24, 2.45) is 0 Å². The van der Waals surface area contributed by atoms with Gasteiger partial charge in [0.15, 0.2) is 0 Å². The second-order valence-corrected chi connectivity index (χ2v) is 8.41. The van der Waals surface area contributed by atoms with Crippen molar-refractivity contribution in [3.8, 4) is 6.01 Å². The molecule has 2 saturated heterocycles. The Balaban J connectivity index is 1.30. The van der Waals surface area contributed by atoms with E-state index in [2.05, 4.69) is 34.5 Å². The molecule has 2 aromatic rings. The highest BCUT2D eigenvalue weighted by Gasteiger charge is 2.31. The van der Waals surface area contributed by atoms with E-state index in [1.807, 2.05) is 6.33 Å². The van der Waals surface area contributed by atoms with Crippen molar-refractivity contribution < 1.29 is 4.74 Å². The Kier molecular flexibility index (Phi) is 5.20. The van der Waals surface area contributed by atoms with E-state index in [1.54, 1.807) is 7.11 Å². The highest BCUT2D eigenvalue weighted by molar-refractivity contribution is 5.41. The average molecular weight is 399 g/mol. The van der Waals surface area contributed by atoms with Crippen LogP contribution in [0.3, 0.4) is 0 Å². The van der Waals surface area contributed by atoms with Crippen LogP contribution in [0.15, 0.2) is 6.33 Å². The van der Waals surface area contributed by atoms with E-state index >= 15 is 0 Å². The topological polar surface area (TPSA) is 85.1 Å². The van der Waals surface area contributed by atoms with Crippen molar-refractivity contribution in [1.29, 1.82) is 0 Å². The number of methoxy groups -OCH3 is 1. The summed E-state index contributed by atoms with van der Waals surface area (Å²) in [7, 11) is 1.63. The maximum atomic E-state index is 5.40. The number of hydrogen-bond donors (Lipinski definition) is 0. The van der Waals surface area contributed by atoms with Crippen molar-refractivity contribution in [3.63, 3.8) is 0 Å². The van der Waals surface area contributed by atoms with Crippen molar-refractivity contribution >= 4 is 11.9 Å². The van der Waals surface area contributed by atoms with Gasteiger partial charge >= 0.3 is 6.01 Å². The summed E-state index contributed by atoms with van der Waals surface area (Å²) in [6.45, 7) is 3.83. The zero-order valence-electron chi connectivity index (χ0n) is 17.2. The SMILES string of the molecule is COc1nc(N2CCCCCC2)nc(N2CCC(c3nncn3C3CC3)CC2)n1. The fourth-order valence-corrected chi connectivity index (χ4v) is 4.50. The van der Waals surface area contributed by atoms with E-state index in [4.69, 9.17) is 9.72 Å². The molecule has 0 atom stereocenters. The monoisotopic (exact) mass is 398 g/mol. The third kappa shape index (κ3) is 4.00. The minimum Gasteiger partial charge on any atom is -0.467 e. The fourth-order valence-electron chi connectivity index (χ4n) is 4.50. The van der Waals surface area contributed by atoms with Crippen molar-refractivity contribution in [2.75, 3.05) is 43.1 Å². The minimum atomic E-state index is 0.407. The molecule has 2 aliphatic heterocycles. The zero-order valence-corrected chi connectivity index (χ0v) is 17.2. The van der Waals surface area contributed by atoms with Gasteiger partial charge in [0, 0.05) is 38.1 Å². The molecule has 5 rings (SSSR count). The molecule has 9 nitrogen and oxygen atoms in total. The third-order valence-electron chi connectivity index (χ3n) is 6.35. The number of aromatic nitrogens is 6. The summed E-state index contributed by atoms with van der Waals surface area (Å²) in [4.78, 5) is 18.5. The van der Waals surface area contributed by atoms with Crippen molar-refractivity contribution in [1.82, 2.24) is 29.7 Å². The lowest BCUT2D eigenvalue weighted by Crippen LogP contribution is -2.36. The van der Waals surface area contributed by atoms with Gasteiger partial charge in [0.1, 0.15) is 12.2 Å². The molecule has 156 valence electrons. The molecule has 2 aromatic heterocycles. The quantitative estimate of drug-likeness (QED) is 0.760. The predicted molar refractivity (Wildman–Crippen MR) is 110 cm³/mol. The van der Waals surface area contributed by atoms with Crippen LogP contribution < -0.4 is 14.5 Å². The molecule has 0 bridgehead atoms. The first kappa shape index (κ1) is 18.6. The van der Waals surface area contributed by atoms with Gasteiger partial charge < -0.3 is 19.1 Å². The van der Waals surface area contributed by atoms with Crippen LogP contribution >= 0.6 is 0 Å². The molecule has 0 radical (unpaired) electrons. The van der Waals surface area contributed by atoms with Crippen LogP contribution in [0.4, 0.5) is 11.9 Å². The smallest absolute Gasteiger partial charge is 0.322 e. The Morgan fingerprint density at radius 3 is 2.10 bits per heavy atom. The fraction of sp³-hybridized carbons (Fsp3) is 0.750. The molecule has 3 fully saturated rings. The van der Waals surface area contributed by atoms with E-state index in [0.29, 0.717) is 18.0 Å². The molecule has 9 heteroatoms. The summed E-state index contributed by atoms with van der Waals surface area (Å²) < 4.78 is 7.70. The number of piperidine rings is 1. The van der Waals surface area contributed by atoms with Crippen LogP contribution in [0.25, 0.3) is 0 Å². The Bertz CT molecular complexity index is 820. The number of nitrogens with zero attached hydrogens (tertiary/aromatic N) is 8. The number of ether oxygens (including phenoxy) is 1. The van der Waals surface area contributed by atoms with Crippen LogP contribution in [0.5, 0.6) is 6.01 Å². The van der Waals surface area contributed by atoms with Gasteiger partial charge in [-0.15, -0.1) is 10.2 Å². The van der Waals surface area contributed by atoms with Gasteiger partial charge in [0.25, 0.3) is 0 Å². The molecule has 1 saturated carbocycles. The molecule has 0 unspecified atom stereocenters. The molecule has 0 spiro atoms. The first-order valence-corrected chi connectivity index (χ1v) is 11.0. The molecule has 29 heavy (non-hydrogen) atoms. The molecule has 1 aliphatic carbocycles. The van der Waals surface area contributed by atoms with Gasteiger partial charge in [-0.2, -0.15) is 15.0 Å². The molecule has 0 amide bonds. The predicted octanol–water partition coefficient (Wildman–Crippen LogP) is 2.57. The number of anilines is 2. The van der Waals surface area contributed by atoms with Gasteiger partial charge in [0.2, 0.25) is 11.9 Å². The first-order valence-electron chi connectivity index (χ1n) is 11.0. The van der Waals surface area contributed by atoms with Gasteiger partial charge in [-0.3, -0.25) is 0 Å². The van der Waals surface area contributed by atoms with Crippen LogP contribution in [0.1, 0.15) is 69.2 Å². The molecular weight excluding hydrogens is 368 g/mol. The summed E-state index contributed by atoms with van der Waals surface area (Å²) >= 11 is 0. The third-order valence-corrected chi connectivity index (χ3v) is 6.35. The lowest BCUT2D eigenvalue weighted by molar-refractivity contribution is 0.376. The lowest BCUT2D eigenvalue weighted by atomic mass is 9.96. The Morgan fingerprint density at radius 1 is 0.828 bits per heavy atom. The summed E-state index contributed by atoms with van der Waals surface area (Å²) in [6, 6.07) is 1.03. The van der Waals surface area contributed by atoms with Crippen LogP contribution in [0.2, 0.25) is 0 Å². The standard InChI is InChI=1S/C20H30N8O/c1-29-20-23-18(26-10-4-2-3-5-11-26)22-19(24-20)27-12-8-15(9-13-27)17-25-21-14-28(17)16-6-7-16/h14-16H,2-13H2,1H3. The maximum absolute atomic E-state index is 5.40. The van der Waals surface area contributed by atoms with Crippen molar-refractivity contribution in [3.05, 3.63) is 12.2 Å². The molecule has 0 N–H and O–H groups in total. The van der Waals surface area contributed by atoms with Gasteiger partial charge in [0.05, 0.1) is 7.11 Å². The van der Waals surface area contributed by atoms with E-state index in [-0.39, 0.29) is 0 Å². The van der Waals surface area contributed by atoms with E-state index in [1.165, 1.54) is 38.5 Å². The van der Waals surface area contributed by atoms with Crippen LogP contribution in [0, 0.1) is 0 Å². The molecule has 0 aromatic carbocycles. The number of rotatable bonds is 5. The normalized spacial score (nSPS) is 21.3. The van der Waals surface area contributed by atoms with E-state index in [9.17, 15) is 0 Å². The van der Waals surface area contributed by atoms with Crippen molar-refractivity contribution in [2.45, 2.75) is 63.3 Å². The maximum Gasteiger partial charge on any atom is 0.322 e. The van der Waals surface area contributed by atoms with E-state index in [0.717, 1.165) is 56.7 Å². The Morgan fingerprint density at radius 2 is 1.48 bits per heavy atom. The zero-order chi connectivity index (χ0) is 19.6. The van der Waals surface area contributed by atoms with Gasteiger partial charge in [-0.05, 0) is 38.5 Å². The highest BCUT2D eigenvalue weighted by Crippen LogP contribution is 2.38. The summed E-state index contributed by atoms with van der Waals surface area (Å²) in [5.74, 6) is 3.11. The Hall–Kier alpha value is -2.45. The summed E-state index contributed by atoms with van der Waals surface area (Å²) in [5, 5.41) is 8.61. The second kappa shape index (κ2) is 8.12. The molecular formula is C20H30N8O. The lowest BCUT2D eigenvalue weighted by Gasteiger charge is -2.32. The molecule has 4 heterocycles. The summed E-state index contributed by atoms with van der Waals surface area (Å²) in [6.07, 6.45) is 11.4. The highest BCUT2D eigenvalue weighted by atomic mass is 16.5. The van der Waals surface area contributed by atoms with Gasteiger partial charge in [-0.25, -0.2) is 0 Å². The van der Waals surface area contributed by atoms with Gasteiger partial charge in [-0.1, -0.05) is 12.8 Å². The first-order chi connectivity index (χ1) is 14.3. The minimum absolute atomic E-state index is 0.407. The molecule has 3 aliphatic rings.